The second-order valence-electron chi connectivity index (χ2n) is 4.14. The van der Waals surface area contributed by atoms with E-state index in [-0.39, 0.29) is 18.1 Å². The third-order valence-corrected chi connectivity index (χ3v) is 4.38. The van der Waals surface area contributed by atoms with Crippen molar-refractivity contribution in [3.05, 3.63) is 29.8 Å². The molecule has 0 amide bonds. The maximum absolute atomic E-state index is 11.4. The van der Waals surface area contributed by atoms with Crippen LogP contribution in [0.3, 0.4) is 0 Å². The van der Waals surface area contributed by atoms with E-state index in [1.54, 1.807) is 25.1 Å². The number of para-hydroxylation sites is 1. The summed E-state index contributed by atoms with van der Waals surface area (Å²) in [5.74, 6) is -0.407. The van der Waals surface area contributed by atoms with Crippen molar-refractivity contribution in [1.82, 2.24) is 0 Å². The Morgan fingerprint density at radius 2 is 2.10 bits per heavy atom. The molecule has 1 aromatic rings. The molecule has 0 aliphatic heterocycles. The summed E-state index contributed by atoms with van der Waals surface area (Å²) in [6, 6.07) is 5.00. The summed E-state index contributed by atoms with van der Waals surface area (Å²) >= 11 is 0. The molecule has 0 bridgehead atoms. The van der Waals surface area contributed by atoms with Crippen molar-refractivity contribution in [2.45, 2.75) is 6.92 Å². The Morgan fingerprint density at radius 3 is 2.67 bits per heavy atom. The van der Waals surface area contributed by atoms with Gasteiger partial charge < -0.3 is 14.6 Å². The van der Waals surface area contributed by atoms with E-state index in [4.69, 9.17) is 14.6 Å². The maximum Gasteiger partial charge on any atom is 0.328 e. The van der Waals surface area contributed by atoms with E-state index in [1.165, 1.54) is 13.2 Å². The van der Waals surface area contributed by atoms with Crippen LogP contribution in [-0.2, 0) is 14.6 Å². The van der Waals surface area contributed by atoms with Crippen LogP contribution in [0.5, 0.6) is 11.5 Å². The highest BCUT2D eigenvalue weighted by atomic mass is 32.2. The van der Waals surface area contributed by atoms with Crippen LogP contribution in [0.15, 0.2) is 24.3 Å². The monoisotopic (exact) mass is 314 g/mol. The number of sulfone groups is 1. The van der Waals surface area contributed by atoms with Crippen LogP contribution in [0, 0.1) is 0 Å². The minimum atomic E-state index is -3.13. The number of ether oxygens (including phenoxy) is 2. The van der Waals surface area contributed by atoms with Gasteiger partial charge >= 0.3 is 5.97 Å². The first kappa shape index (κ1) is 17.0. The third kappa shape index (κ3) is 5.47. The van der Waals surface area contributed by atoms with E-state index < -0.39 is 15.8 Å². The second kappa shape index (κ2) is 7.68. The molecule has 1 rings (SSSR count). The molecule has 1 N–H and O–H groups in total. The van der Waals surface area contributed by atoms with Crippen molar-refractivity contribution in [2.75, 3.05) is 25.2 Å². The fourth-order valence-corrected chi connectivity index (χ4v) is 2.18. The van der Waals surface area contributed by atoms with Crippen molar-refractivity contribution in [2.24, 2.45) is 0 Å². The lowest BCUT2D eigenvalue weighted by atomic mass is 10.1. The molecular weight excluding hydrogens is 296 g/mol. The van der Waals surface area contributed by atoms with E-state index in [0.717, 1.165) is 6.08 Å². The fraction of sp³-hybridized carbons (Fsp3) is 0.357. The predicted octanol–water partition coefficient (Wildman–Crippen LogP) is 1.61. The van der Waals surface area contributed by atoms with Gasteiger partial charge in [0.15, 0.2) is 21.3 Å². The summed E-state index contributed by atoms with van der Waals surface area (Å²) in [6.45, 7) is 1.55. The Bertz CT molecular complexity index is 618. The lowest BCUT2D eigenvalue weighted by Gasteiger charge is -2.13. The number of benzene rings is 1. The molecule has 0 aromatic heterocycles. The van der Waals surface area contributed by atoms with Crippen molar-refractivity contribution >= 4 is 21.9 Å². The average Bonchev–Trinajstić information content (AvgIpc) is 2.45. The zero-order valence-electron chi connectivity index (χ0n) is 11.9. The van der Waals surface area contributed by atoms with E-state index in [9.17, 15) is 13.2 Å². The number of carboxylic acids is 1. The van der Waals surface area contributed by atoms with Crippen LogP contribution < -0.4 is 9.47 Å². The normalized spacial score (nSPS) is 11.5. The molecule has 116 valence electrons. The second-order valence-corrected chi connectivity index (χ2v) is 6.61. The van der Waals surface area contributed by atoms with Gasteiger partial charge in [0.1, 0.15) is 6.61 Å². The lowest BCUT2D eigenvalue weighted by molar-refractivity contribution is -0.131. The highest BCUT2D eigenvalue weighted by Crippen LogP contribution is 2.32. The summed E-state index contributed by atoms with van der Waals surface area (Å²) in [5.41, 5.74) is 0.505. The first-order valence-corrected chi connectivity index (χ1v) is 8.13. The Morgan fingerprint density at radius 1 is 1.38 bits per heavy atom. The zero-order chi connectivity index (χ0) is 15.9. The zero-order valence-corrected chi connectivity index (χ0v) is 12.7. The molecule has 0 saturated carbocycles. The van der Waals surface area contributed by atoms with Crippen molar-refractivity contribution in [1.29, 1.82) is 0 Å². The van der Waals surface area contributed by atoms with Crippen molar-refractivity contribution < 1.29 is 27.8 Å². The van der Waals surface area contributed by atoms with Crippen LogP contribution in [0.2, 0.25) is 0 Å². The summed E-state index contributed by atoms with van der Waals surface area (Å²) in [4.78, 5) is 10.6. The number of methoxy groups -OCH3 is 1. The molecular formula is C14H18O6S. The van der Waals surface area contributed by atoms with Gasteiger partial charge in [0, 0.05) is 17.4 Å². The average molecular weight is 314 g/mol. The maximum atomic E-state index is 11.4. The molecule has 0 spiro atoms. The first-order chi connectivity index (χ1) is 9.89. The fourth-order valence-electron chi connectivity index (χ4n) is 1.56. The number of rotatable bonds is 8. The smallest absolute Gasteiger partial charge is 0.328 e. The number of hydrogen-bond donors (Lipinski definition) is 1. The van der Waals surface area contributed by atoms with Gasteiger partial charge in [0.2, 0.25) is 0 Å². The highest BCUT2D eigenvalue weighted by molar-refractivity contribution is 7.91. The minimum absolute atomic E-state index is 0.0234. The molecule has 0 saturated heterocycles. The molecule has 6 nitrogen and oxygen atoms in total. The Labute approximate surface area is 123 Å². The summed E-state index contributed by atoms with van der Waals surface area (Å²) in [6.07, 6.45) is 2.35. The van der Waals surface area contributed by atoms with Gasteiger partial charge in [-0.25, -0.2) is 13.2 Å². The summed E-state index contributed by atoms with van der Waals surface area (Å²) in [7, 11) is -1.67. The van der Waals surface area contributed by atoms with Crippen molar-refractivity contribution in [3.8, 4) is 11.5 Å². The quantitative estimate of drug-likeness (QED) is 0.733. The molecule has 1 aromatic carbocycles. The van der Waals surface area contributed by atoms with Crippen LogP contribution in [-0.4, -0.2) is 44.7 Å². The summed E-state index contributed by atoms with van der Waals surface area (Å²) in [5, 5.41) is 8.67. The predicted molar refractivity (Wildman–Crippen MR) is 79.5 cm³/mol. The van der Waals surface area contributed by atoms with Crippen LogP contribution in [0.25, 0.3) is 6.08 Å². The SMILES string of the molecule is CCS(=O)(=O)CCOc1c(/C=C/C(=O)O)cccc1OC. The molecule has 0 radical (unpaired) electrons. The van der Waals surface area contributed by atoms with E-state index >= 15 is 0 Å². The topological polar surface area (TPSA) is 89.9 Å². The number of carboxylic acid groups (broad SMARTS) is 1. The molecule has 0 atom stereocenters. The van der Waals surface area contributed by atoms with Crippen LogP contribution in [0.4, 0.5) is 0 Å². The number of aliphatic carboxylic acids is 1. The number of carbonyl (C=O) groups is 1. The molecule has 7 heteroatoms. The largest absolute Gasteiger partial charge is 0.493 e. The number of hydrogen-bond acceptors (Lipinski definition) is 5. The van der Waals surface area contributed by atoms with Gasteiger partial charge in [-0.05, 0) is 12.1 Å². The Kier molecular flexibility index (Phi) is 6.23. The molecule has 21 heavy (non-hydrogen) atoms. The molecule has 0 aliphatic rings. The molecule has 0 heterocycles. The Hall–Kier alpha value is -2.02. The highest BCUT2D eigenvalue weighted by Gasteiger charge is 2.12. The molecule has 0 fully saturated rings. The minimum Gasteiger partial charge on any atom is -0.493 e. The lowest BCUT2D eigenvalue weighted by Crippen LogP contribution is -2.16. The summed E-state index contributed by atoms with van der Waals surface area (Å²) < 4.78 is 33.5. The van der Waals surface area contributed by atoms with Gasteiger partial charge in [0.05, 0.1) is 12.9 Å². The first-order valence-electron chi connectivity index (χ1n) is 6.31. The third-order valence-electron chi connectivity index (χ3n) is 2.72. The van der Waals surface area contributed by atoms with Crippen LogP contribution >= 0.6 is 0 Å². The standard InChI is InChI=1S/C14H18O6S/c1-3-21(17,18)10-9-20-14-11(7-8-13(15)16)5-4-6-12(14)19-2/h4-8H,3,9-10H2,1-2H3,(H,15,16)/b8-7+. The van der Waals surface area contributed by atoms with Gasteiger partial charge in [-0.2, -0.15) is 0 Å². The van der Waals surface area contributed by atoms with E-state index in [2.05, 4.69) is 0 Å². The van der Waals surface area contributed by atoms with E-state index in [1.807, 2.05) is 0 Å². The Balaban J connectivity index is 2.95. The van der Waals surface area contributed by atoms with Crippen molar-refractivity contribution in [3.63, 3.8) is 0 Å². The molecule has 0 aliphatic carbocycles. The van der Waals surface area contributed by atoms with Gasteiger partial charge in [-0.3, -0.25) is 0 Å². The van der Waals surface area contributed by atoms with Crippen LogP contribution in [0.1, 0.15) is 12.5 Å². The van der Waals surface area contributed by atoms with Gasteiger partial charge in [0.25, 0.3) is 0 Å². The van der Waals surface area contributed by atoms with Gasteiger partial charge in [-0.15, -0.1) is 0 Å². The van der Waals surface area contributed by atoms with E-state index in [0.29, 0.717) is 17.1 Å². The van der Waals surface area contributed by atoms with Gasteiger partial charge in [-0.1, -0.05) is 19.1 Å². The molecule has 0 unspecified atom stereocenters.